The Labute approximate surface area is 83.4 Å². The minimum Gasteiger partial charge on any atom is -0.362 e. The molecule has 0 aliphatic carbocycles. The number of rotatable bonds is 5. The lowest BCUT2D eigenvalue weighted by Crippen LogP contribution is -2.00. The zero-order valence-corrected chi connectivity index (χ0v) is 8.66. The van der Waals surface area contributed by atoms with Crippen molar-refractivity contribution in [3.63, 3.8) is 0 Å². The minimum atomic E-state index is 0.874. The predicted octanol–water partition coefficient (Wildman–Crippen LogP) is 2.67. The van der Waals surface area contributed by atoms with E-state index >= 15 is 0 Å². The maximum Gasteiger partial charge on any atom is 0.182 e. The van der Waals surface area contributed by atoms with Gasteiger partial charge in [-0.15, -0.1) is 23.7 Å². The molecule has 0 unspecified atom stereocenters. The first-order chi connectivity index (χ1) is 6.33. The van der Waals surface area contributed by atoms with Crippen molar-refractivity contribution in [1.82, 2.24) is 4.98 Å². The second-order valence-corrected chi connectivity index (χ2v) is 3.74. The summed E-state index contributed by atoms with van der Waals surface area (Å²) in [6.07, 6.45) is 8.22. The Morgan fingerprint density at radius 3 is 3.08 bits per heavy atom. The Hall–Kier alpha value is -1.01. The molecule has 3 heteroatoms. The Morgan fingerprint density at radius 1 is 1.62 bits per heavy atom. The molecule has 13 heavy (non-hydrogen) atoms. The Morgan fingerprint density at radius 2 is 2.46 bits per heavy atom. The molecule has 1 N–H and O–H groups in total. The molecular formula is C10H14N2S. The van der Waals surface area contributed by atoms with Crippen molar-refractivity contribution in [2.75, 3.05) is 11.9 Å². The molecule has 0 aliphatic heterocycles. The first-order valence-corrected chi connectivity index (χ1v) is 5.30. The molecule has 1 aromatic rings. The van der Waals surface area contributed by atoms with Gasteiger partial charge in [0.05, 0.1) is 5.69 Å². The average molecular weight is 194 g/mol. The highest BCUT2D eigenvalue weighted by atomic mass is 32.1. The van der Waals surface area contributed by atoms with Gasteiger partial charge >= 0.3 is 0 Å². The lowest BCUT2D eigenvalue weighted by molar-refractivity contribution is 0.789. The zero-order valence-electron chi connectivity index (χ0n) is 7.84. The van der Waals surface area contributed by atoms with E-state index in [0.29, 0.717) is 0 Å². The number of aryl methyl sites for hydroxylation is 1. The van der Waals surface area contributed by atoms with Gasteiger partial charge in [-0.2, -0.15) is 0 Å². The van der Waals surface area contributed by atoms with Crippen LogP contribution < -0.4 is 5.32 Å². The van der Waals surface area contributed by atoms with Gasteiger partial charge < -0.3 is 5.32 Å². The van der Waals surface area contributed by atoms with E-state index in [9.17, 15) is 0 Å². The maximum absolute atomic E-state index is 5.14. The fourth-order valence-corrected chi connectivity index (χ4v) is 1.70. The molecule has 0 bridgehead atoms. The normalized spacial score (nSPS) is 9.54. The third-order valence-electron chi connectivity index (χ3n) is 1.64. The van der Waals surface area contributed by atoms with Crippen LogP contribution in [-0.2, 0) is 0 Å². The fourth-order valence-electron chi connectivity index (χ4n) is 0.983. The molecule has 1 heterocycles. The van der Waals surface area contributed by atoms with Crippen molar-refractivity contribution < 1.29 is 0 Å². The SMILES string of the molecule is C#CCCCCNc1nc(C)cs1. The van der Waals surface area contributed by atoms with Crippen LogP contribution in [0.3, 0.4) is 0 Å². The number of aromatic nitrogens is 1. The molecular weight excluding hydrogens is 180 g/mol. The Kier molecular flexibility index (Phi) is 4.34. The van der Waals surface area contributed by atoms with E-state index in [1.807, 2.05) is 12.3 Å². The molecule has 0 fully saturated rings. The van der Waals surface area contributed by atoms with Crippen molar-refractivity contribution in [3.8, 4) is 12.3 Å². The highest BCUT2D eigenvalue weighted by Gasteiger charge is 1.95. The number of unbranched alkanes of at least 4 members (excludes halogenated alkanes) is 2. The first kappa shape index (κ1) is 10.1. The summed E-state index contributed by atoms with van der Waals surface area (Å²) in [6.45, 7) is 2.97. The summed E-state index contributed by atoms with van der Waals surface area (Å²) >= 11 is 1.65. The quantitative estimate of drug-likeness (QED) is 0.576. The fraction of sp³-hybridized carbons (Fsp3) is 0.500. The second-order valence-electron chi connectivity index (χ2n) is 2.88. The van der Waals surface area contributed by atoms with E-state index in [0.717, 1.165) is 36.6 Å². The highest BCUT2D eigenvalue weighted by molar-refractivity contribution is 7.13. The van der Waals surface area contributed by atoms with E-state index in [1.54, 1.807) is 11.3 Å². The summed E-state index contributed by atoms with van der Waals surface area (Å²) in [5.74, 6) is 2.63. The third kappa shape index (κ3) is 3.95. The van der Waals surface area contributed by atoms with E-state index < -0.39 is 0 Å². The lowest BCUT2D eigenvalue weighted by Gasteiger charge is -1.99. The van der Waals surface area contributed by atoms with E-state index in [4.69, 9.17) is 6.42 Å². The molecule has 0 saturated carbocycles. The molecule has 1 aromatic heterocycles. The Balaban J connectivity index is 2.10. The molecule has 0 amide bonds. The molecule has 0 saturated heterocycles. The van der Waals surface area contributed by atoms with Gasteiger partial charge in [-0.25, -0.2) is 4.98 Å². The summed E-state index contributed by atoms with van der Waals surface area (Å²) in [7, 11) is 0. The van der Waals surface area contributed by atoms with Crippen LogP contribution in [0, 0.1) is 19.3 Å². The molecule has 0 radical (unpaired) electrons. The van der Waals surface area contributed by atoms with Gasteiger partial charge in [-0.3, -0.25) is 0 Å². The third-order valence-corrected chi connectivity index (χ3v) is 2.56. The van der Waals surface area contributed by atoms with Gasteiger partial charge in [-0.1, -0.05) is 0 Å². The average Bonchev–Trinajstić information content (AvgIpc) is 2.51. The van der Waals surface area contributed by atoms with Crippen molar-refractivity contribution in [3.05, 3.63) is 11.1 Å². The van der Waals surface area contributed by atoms with Gasteiger partial charge in [0.25, 0.3) is 0 Å². The number of nitrogens with zero attached hydrogens (tertiary/aromatic N) is 1. The number of terminal acetylenes is 1. The monoisotopic (exact) mass is 194 g/mol. The van der Waals surface area contributed by atoms with Crippen LogP contribution in [0.1, 0.15) is 25.0 Å². The molecule has 0 aromatic carbocycles. The number of nitrogens with one attached hydrogen (secondary N) is 1. The molecule has 70 valence electrons. The van der Waals surface area contributed by atoms with Crippen LogP contribution in [0.5, 0.6) is 0 Å². The topological polar surface area (TPSA) is 24.9 Å². The van der Waals surface area contributed by atoms with Gasteiger partial charge in [0, 0.05) is 18.3 Å². The van der Waals surface area contributed by atoms with E-state index in [2.05, 4.69) is 16.2 Å². The van der Waals surface area contributed by atoms with Crippen LogP contribution in [-0.4, -0.2) is 11.5 Å². The molecule has 0 aliphatic rings. The summed E-state index contributed by atoms with van der Waals surface area (Å²) in [5, 5.41) is 6.32. The minimum absolute atomic E-state index is 0.874. The van der Waals surface area contributed by atoms with E-state index in [-0.39, 0.29) is 0 Å². The molecule has 0 spiro atoms. The lowest BCUT2D eigenvalue weighted by atomic mass is 10.2. The van der Waals surface area contributed by atoms with Gasteiger partial charge in [0.15, 0.2) is 5.13 Å². The second kappa shape index (κ2) is 5.60. The number of hydrogen-bond acceptors (Lipinski definition) is 3. The van der Waals surface area contributed by atoms with Gasteiger partial charge in [0.1, 0.15) is 0 Å². The van der Waals surface area contributed by atoms with E-state index in [1.165, 1.54) is 0 Å². The number of anilines is 1. The predicted molar refractivity (Wildman–Crippen MR) is 58.0 cm³/mol. The van der Waals surface area contributed by atoms with Crippen molar-refractivity contribution >= 4 is 16.5 Å². The van der Waals surface area contributed by atoms with Crippen LogP contribution in [0.2, 0.25) is 0 Å². The van der Waals surface area contributed by atoms with Crippen molar-refractivity contribution in [1.29, 1.82) is 0 Å². The van der Waals surface area contributed by atoms with Gasteiger partial charge in [-0.05, 0) is 19.8 Å². The van der Waals surface area contributed by atoms with Crippen molar-refractivity contribution in [2.24, 2.45) is 0 Å². The van der Waals surface area contributed by atoms with Crippen LogP contribution in [0.25, 0.3) is 0 Å². The van der Waals surface area contributed by atoms with Gasteiger partial charge in [0.2, 0.25) is 0 Å². The highest BCUT2D eigenvalue weighted by Crippen LogP contribution is 2.14. The maximum atomic E-state index is 5.14. The summed E-state index contributed by atoms with van der Waals surface area (Å²) in [5.41, 5.74) is 1.08. The van der Waals surface area contributed by atoms with Crippen LogP contribution in [0.4, 0.5) is 5.13 Å². The standard InChI is InChI=1S/C10H14N2S/c1-3-4-5-6-7-11-10-12-9(2)8-13-10/h1,8H,4-7H2,2H3,(H,11,12). The molecule has 1 rings (SSSR count). The molecule has 0 atom stereocenters. The van der Waals surface area contributed by atoms with Crippen molar-refractivity contribution in [2.45, 2.75) is 26.2 Å². The smallest absolute Gasteiger partial charge is 0.182 e. The zero-order chi connectivity index (χ0) is 9.52. The number of hydrogen-bond donors (Lipinski definition) is 1. The first-order valence-electron chi connectivity index (χ1n) is 4.42. The summed E-state index contributed by atoms with van der Waals surface area (Å²) < 4.78 is 0. The van der Waals surface area contributed by atoms with Crippen LogP contribution >= 0.6 is 11.3 Å². The summed E-state index contributed by atoms with van der Waals surface area (Å²) in [6, 6.07) is 0. The Bertz CT molecular complexity index is 285. The largest absolute Gasteiger partial charge is 0.362 e. The number of thiazole rings is 1. The van der Waals surface area contributed by atoms with Crippen LogP contribution in [0.15, 0.2) is 5.38 Å². The summed E-state index contributed by atoms with van der Waals surface area (Å²) in [4.78, 5) is 4.30. The molecule has 2 nitrogen and oxygen atoms in total.